The highest BCUT2D eigenvalue weighted by molar-refractivity contribution is 4.78. The lowest BCUT2D eigenvalue weighted by Gasteiger charge is -1.84. The van der Waals surface area contributed by atoms with E-state index >= 15 is 0 Å². The van der Waals surface area contributed by atoms with Gasteiger partial charge in [-0.25, -0.2) is 0 Å². The van der Waals surface area contributed by atoms with Crippen LogP contribution in [0.25, 0.3) is 0 Å². The predicted molar refractivity (Wildman–Crippen MR) is 39.4 cm³/mol. The van der Waals surface area contributed by atoms with Gasteiger partial charge >= 0.3 is 0 Å². The maximum absolute atomic E-state index is 7.94. The molecule has 0 saturated carbocycles. The molecule has 0 unspecified atom stereocenters. The van der Waals surface area contributed by atoms with E-state index in [9.17, 15) is 0 Å². The fraction of sp³-hybridized carbons (Fsp3) is 0.714. The second-order valence-corrected chi connectivity index (χ2v) is 1.92. The highest BCUT2D eigenvalue weighted by Gasteiger charge is 1.67. The fourth-order valence-corrected chi connectivity index (χ4v) is 0.0913. The van der Waals surface area contributed by atoms with Gasteiger partial charge in [0.05, 0.1) is 13.2 Å². The maximum Gasteiger partial charge on any atom is 0.0693 e. The number of methoxy groups -OCH3 is 1. The topological polar surface area (TPSA) is 29.5 Å². The van der Waals surface area contributed by atoms with Gasteiger partial charge in [-0.2, -0.15) is 0 Å². The first-order valence-corrected chi connectivity index (χ1v) is 2.87. The predicted octanol–water partition coefficient (Wildman–Crippen LogP) is 1.21. The van der Waals surface area contributed by atoms with E-state index in [1.54, 1.807) is 7.11 Å². The van der Waals surface area contributed by atoms with Crippen LogP contribution in [-0.2, 0) is 4.74 Å². The first kappa shape index (κ1) is 11.5. The minimum absolute atomic E-state index is 0.122. The van der Waals surface area contributed by atoms with Crippen LogP contribution in [0.5, 0.6) is 0 Å². The van der Waals surface area contributed by atoms with Gasteiger partial charge < -0.3 is 9.84 Å². The molecule has 0 amide bonds. The molecule has 1 N–H and O–H groups in total. The zero-order chi connectivity index (χ0) is 7.70. The molecular formula is C7H16O2. The van der Waals surface area contributed by atoms with Crippen molar-refractivity contribution >= 4 is 0 Å². The summed E-state index contributed by atoms with van der Waals surface area (Å²) in [5.74, 6) is 0. The van der Waals surface area contributed by atoms with Crippen LogP contribution in [0, 0.1) is 0 Å². The first-order valence-electron chi connectivity index (χ1n) is 2.87. The van der Waals surface area contributed by atoms with Gasteiger partial charge in [0.1, 0.15) is 0 Å². The van der Waals surface area contributed by atoms with Crippen LogP contribution in [0.15, 0.2) is 12.2 Å². The van der Waals surface area contributed by atoms with Gasteiger partial charge in [-0.15, -0.1) is 6.58 Å². The Labute approximate surface area is 57.2 Å². The summed E-state index contributed by atoms with van der Waals surface area (Å²) in [6, 6.07) is 0. The summed E-state index contributed by atoms with van der Waals surface area (Å²) in [6.07, 6.45) is 0. The van der Waals surface area contributed by atoms with Crippen LogP contribution in [0.2, 0.25) is 0 Å². The molecule has 0 heterocycles. The quantitative estimate of drug-likeness (QED) is 0.572. The molecule has 0 rings (SSSR count). The molecule has 0 aliphatic heterocycles. The van der Waals surface area contributed by atoms with Crippen LogP contribution in [0.3, 0.4) is 0 Å². The highest BCUT2D eigenvalue weighted by atomic mass is 16.5. The van der Waals surface area contributed by atoms with Crippen LogP contribution >= 0.6 is 0 Å². The molecule has 0 aliphatic carbocycles. The van der Waals surface area contributed by atoms with E-state index in [-0.39, 0.29) is 6.61 Å². The van der Waals surface area contributed by atoms with Crippen LogP contribution in [-0.4, -0.2) is 25.4 Å². The van der Waals surface area contributed by atoms with Crippen molar-refractivity contribution in [1.82, 2.24) is 0 Å². The first-order chi connectivity index (χ1) is 4.15. The Balaban J connectivity index is 0. The molecule has 2 nitrogen and oxygen atoms in total. The minimum atomic E-state index is 0.122. The van der Waals surface area contributed by atoms with Gasteiger partial charge in [0, 0.05) is 7.11 Å². The van der Waals surface area contributed by atoms with E-state index in [1.807, 2.05) is 13.8 Å². The molecule has 0 bridgehead atoms. The van der Waals surface area contributed by atoms with E-state index in [0.717, 1.165) is 0 Å². The molecule has 0 fully saturated rings. The molecule has 0 aromatic carbocycles. The Morgan fingerprint density at radius 1 is 1.56 bits per heavy atom. The van der Waals surface area contributed by atoms with Crippen molar-refractivity contribution in [2.75, 3.05) is 20.3 Å². The third-order valence-corrected chi connectivity index (χ3v) is 0.295. The van der Waals surface area contributed by atoms with Crippen LogP contribution in [0.4, 0.5) is 0 Å². The van der Waals surface area contributed by atoms with E-state index in [0.29, 0.717) is 6.61 Å². The van der Waals surface area contributed by atoms with Crippen molar-refractivity contribution in [2.45, 2.75) is 13.8 Å². The molecule has 9 heavy (non-hydrogen) atoms. The molecular weight excluding hydrogens is 116 g/mol. The largest absolute Gasteiger partial charge is 0.394 e. The minimum Gasteiger partial charge on any atom is -0.394 e. The third kappa shape index (κ3) is 89.1. The molecule has 0 radical (unpaired) electrons. The van der Waals surface area contributed by atoms with E-state index in [4.69, 9.17) is 5.11 Å². The van der Waals surface area contributed by atoms with Crippen molar-refractivity contribution < 1.29 is 9.84 Å². The maximum atomic E-state index is 7.94. The molecule has 0 aromatic heterocycles. The van der Waals surface area contributed by atoms with Crippen LogP contribution < -0.4 is 0 Å². The normalized spacial score (nSPS) is 7.56. The van der Waals surface area contributed by atoms with Gasteiger partial charge in [-0.1, -0.05) is 5.57 Å². The van der Waals surface area contributed by atoms with E-state index < -0.39 is 0 Å². The van der Waals surface area contributed by atoms with Gasteiger partial charge in [0.2, 0.25) is 0 Å². The number of rotatable bonds is 2. The zero-order valence-corrected chi connectivity index (χ0v) is 6.48. The lowest BCUT2D eigenvalue weighted by atomic mass is 10.4. The molecule has 0 atom stereocenters. The average Bonchev–Trinajstić information content (AvgIpc) is 1.66. The summed E-state index contributed by atoms with van der Waals surface area (Å²) < 4.78 is 4.44. The Kier molecular flexibility index (Phi) is 13.5. The van der Waals surface area contributed by atoms with Crippen molar-refractivity contribution in [2.24, 2.45) is 0 Å². The smallest absolute Gasteiger partial charge is 0.0693 e. The number of ether oxygens (including phenoxy) is 1. The summed E-state index contributed by atoms with van der Waals surface area (Å²) in [5.41, 5.74) is 1.17. The Morgan fingerprint density at radius 3 is 1.89 bits per heavy atom. The Bertz CT molecular complexity index is 53.9. The number of allylic oxidation sites excluding steroid dienone is 1. The molecule has 0 saturated heterocycles. The molecule has 56 valence electrons. The molecule has 0 aliphatic rings. The van der Waals surface area contributed by atoms with Gasteiger partial charge in [0.25, 0.3) is 0 Å². The summed E-state index contributed by atoms with van der Waals surface area (Å²) in [5, 5.41) is 7.94. The molecule has 0 spiro atoms. The summed E-state index contributed by atoms with van der Waals surface area (Å²) in [6.45, 7) is 8.07. The van der Waals surface area contributed by atoms with Gasteiger partial charge in [-0.3, -0.25) is 0 Å². The van der Waals surface area contributed by atoms with Crippen molar-refractivity contribution in [1.29, 1.82) is 0 Å². The van der Waals surface area contributed by atoms with Crippen molar-refractivity contribution in [3.05, 3.63) is 12.2 Å². The third-order valence-electron chi connectivity index (χ3n) is 0.295. The summed E-state index contributed by atoms with van der Waals surface area (Å²) >= 11 is 0. The lowest BCUT2D eigenvalue weighted by molar-refractivity contribution is 0.135. The molecule has 0 aromatic rings. The van der Waals surface area contributed by atoms with Crippen LogP contribution in [0.1, 0.15) is 13.8 Å². The lowest BCUT2D eigenvalue weighted by Crippen LogP contribution is -1.91. The number of hydrogen-bond acceptors (Lipinski definition) is 2. The second kappa shape index (κ2) is 10.6. The van der Waals surface area contributed by atoms with E-state index in [2.05, 4.69) is 11.3 Å². The standard InChI is InChI=1S/C4H8.C3H8O2/c1-4(2)3;1-5-3-2-4/h1H2,2-3H3;4H,2-3H2,1H3. The fourth-order valence-electron chi connectivity index (χ4n) is 0.0913. The molecule has 2 heteroatoms. The number of aliphatic hydroxyl groups is 1. The van der Waals surface area contributed by atoms with E-state index in [1.165, 1.54) is 5.57 Å². The van der Waals surface area contributed by atoms with Crippen molar-refractivity contribution in [3.8, 4) is 0 Å². The monoisotopic (exact) mass is 132 g/mol. The Hall–Kier alpha value is -0.340. The average molecular weight is 132 g/mol. The summed E-state index contributed by atoms with van der Waals surface area (Å²) in [7, 11) is 1.55. The van der Waals surface area contributed by atoms with Gasteiger partial charge in [0.15, 0.2) is 0 Å². The second-order valence-electron chi connectivity index (χ2n) is 1.92. The Morgan fingerprint density at radius 2 is 1.89 bits per heavy atom. The number of aliphatic hydroxyl groups excluding tert-OH is 1. The van der Waals surface area contributed by atoms with Gasteiger partial charge in [-0.05, 0) is 13.8 Å². The SMILES string of the molecule is C=C(C)C.COCCO. The zero-order valence-electron chi connectivity index (χ0n) is 6.48. The summed E-state index contributed by atoms with van der Waals surface area (Å²) in [4.78, 5) is 0. The number of hydrogen-bond donors (Lipinski definition) is 1. The van der Waals surface area contributed by atoms with Crippen molar-refractivity contribution in [3.63, 3.8) is 0 Å². The highest BCUT2D eigenvalue weighted by Crippen LogP contribution is 1.73.